The average Bonchev–Trinajstić information content (AvgIpc) is 2.91. The van der Waals surface area contributed by atoms with Gasteiger partial charge in [-0.1, -0.05) is 23.7 Å². The van der Waals surface area contributed by atoms with Crippen LogP contribution in [0.5, 0.6) is 17.2 Å². The number of para-hydroxylation sites is 2. The molecule has 0 bridgehead atoms. The normalized spacial score (nSPS) is 14.5. The van der Waals surface area contributed by atoms with Crippen molar-refractivity contribution in [2.24, 2.45) is 0 Å². The minimum atomic E-state index is -0.406. The Labute approximate surface area is 225 Å². The van der Waals surface area contributed by atoms with Crippen LogP contribution in [0.1, 0.15) is 6.42 Å². The standard InChI is InChI=1S/C28H29ClFN3O5/c1-32(22-9-7-21(30)8-10-22)13-12-28(35)33-14-15-36-16-17-37-25-4-2-3-5-26(25)38-24-11-6-20(29)18-23(24)31-27(34)19-33/h2-11,18H,12-17,19H2,1H3,(H,31,34). The number of halogens is 2. The second kappa shape index (κ2) is 13.1. The van der Waals surface area contributed by atoms with Gasteiger partial charge in [0.2, 0.25) is 11.8 Å². The second-order valence-electron chi connectivity index (χ2n) is 8.66. The zero-order valence-electron chi connectivity index (χ0n) is 21.0. The zero-order valence-corrected chi connectivity index (χ0v) is 21.7. The molecule has 0 aliphatic carbocycles. The predicted octanol–water partition coefficient (Wildman–Crippen LogP) is 4.97. The maximum Gasteiger partial charge on any atom is 0.244 e. The molecule has 0 saturated heterocycles. The molecule has 2 amide bonds. The highest BCUT2D eigenvalue weighted by atomic mass is 35.5. The highest BCUT2D eigenvalue weighted by Crippen LogP contribution is 2.36. The number of amides is 2. The lowest BCUT2D eigenvalue weighted by Gasteiger charge is -2.25. The zero-order chi connectivity index (χ0) is 26.9. The lowest BCUT2D eigenvalue weighted by Crippen LogP contribution is -2.41. The molecule has 1 aliphatic rings. The topological polar surface area (TPSA) is 80.3 Å². The molecule has 200 valence electrons. The average molecular weight is 542 g/mol. The number of ether oxygens (including phenoxy) is 3. The minimum absolute atomic E-state index is 0.158. The van der Waals surface area contributed by atoms with Crippen LogP contribution < -0.4 is 19.7 Å². The largest absolute Gasteiger partial charge is 0.487 e. The van der Waals surface area contributed by atoms with E-state index >= 15 is 0 Å². The van der Waals surface area contributed by atoms with Crippen molar-refractivity contribution in [3.8, 4) is 17.2 Å². The number of hydrogen-bond donors (Lipinski definition) is 1. The molecule has 8 nitrogen and oxygen atoms in total. The number of hydrogen-bond acceptors (Lipinski definition) is 6. The van der Waals surface area contributed by atoms with Crippen LogP contribution in [0, 0.1) is 5.82 Å². The van der Waals surface area contributed by atoms with E-state index in [1.54, 1.807) is 42.5 Å². The summed E-state index contributed by atoms with van der Waals surface area (Å²) in [4.78, 5) is 29.4. The lowest BCUT2D eigenvalue weighted by molar-refractivity contribution is -0.135. The van der Waals surface area contributed by atoms with Gasteiger partial charge in [-0.3, -0.25) is 9.59 Å². The van der Waals surface area contributed by atoms with Gasteiger partial charge in [-0.25, -0.2) is 4.39 Å². The Hall–Kier alpha value is -3.82. The number of benzene rings is 3. The molecule has 38 heavy (non-hydrogen) atoms. The van der Waals surface area contributed by atoms with Gasteiger partial charge >= 0.3 is 0 Å². The van der Waals surface area contributed by atoms with Crippen LogP contribution in [0.4, 0.5) is 15.8 Å². The Kier molecular flexibility index (Phi) is 9.40. The van der Waals surface area contributed by atoms with Crippen molar-refractivity contribution in [1.29, 1.82) is 0 Å². The van der Waals surface area contributed by atoms with E-state index in [1.807, 2.05) is 24.1 Å². The Bertz CT molecular complexity index is 1260. The highest BCUT2D eigenvalue weighted by molar-refractivity contribution is 6.31. The monoisotopic (exact) mass is 541 g/mol. The van der Waals surface area contributed by atoms with Gasteiger partial charge in [-0.2, -0.15) is 0 Å². The molecular weight excluding hydrogens is 513 g/mol. The van der Waals surface area contributed by atoms with Crippen molar-refractivity contribution >= 4 is 34.8 Å². The van der Waals surface area contributed by atoms with Gasteiger partial charge in [-0.15, -0.1) is 0 Å². The molecule has 1 aliphatic heterocycles. The van der Waals surface area contributed by atoms with Crippen LogP contribution in [-0.4, -0.2) is 63.2 Å². The molecule has 0 atom stereocenters. The van der Waals surface area contributed by atoms with Crippen molar-refractivity contribution in [3.63, 3.8) is 0 Å². The molecule has 1 heterocycles. The van der Waals surface area contributed by atoms with Gasteiger partial charge in [0.15, 0.2) is 17.2 Å². The van der Waals surface area contributed by atoms with Crippen molar-refractivity contribution < 1.29 is 28.2 Å². The van der Waals surface area contributed by atoms with Gasteiger partial charge in [-0.05, 0) is 54.6 Å². The Balaban J connectivity index is 1.48. The van der Waals surface area contributed by atoms with Gasteiger partial charge in [0.25, 0.3) is 0 Å². The van der Waals surface area contributed by atoms with Crippen molar-refractivity contribution in [1.82, 2.24) is 4.90 Å². The number of fused-ring (bicyclic) bond motifs is 2. The van der Waals surface area contributed by atoms with Crippen LogP contribution in [0.25, 0.3) is 0 Å². The molecular formula is C28H29ClFN3O5. The van der Waals surface area contributed by atoms with Crippen LogP contribution in [0.2, 0.25) is 5.02 Å². The molecule has 0 aromatic heterocycles. The fourth-order valence-corrected chi connectivity index (χ4v) is 4.02. The molecule has 3 aromatic carbocycles. The first-order chi connectivity index (χ1) is 18.4. The summed E-state index contributed by atoms with van der Waals surface area (Å²) >= 11 is 6.19. The van der Waals surface area contributed by atoms with Crippen LogP contribution in [0.15, 0.2) is 66.7 Å². The van der Waals surface area contributed by atoms with E-state index in [0.29, 0.717) is 41.1 Å². The fourth-order valence-electron chi connectivity index (χ4n) is 3.85. The van der Waals surface area contributed by atoms with E-state index in [4.69, 9.17) is 25.8 Å². The SMILES string of the molecule is CN(CCC(=O)N1CCOCCOc2ccccc2Oc2ccc(Cl)cc2NC(=O)C1)c1ccc(F)cc1. The first kappa shape index (κ1) is 27.2. The molecule has 0 unspecified atom stereocenters. The van der Waals surface area contributed by atoms with E-state index in [0.717, 1.165) is 5.69 Å². The van der Waals surface area contributed by atoms with E-state index in [1.165, 1.54) is 17.0 Å². The van der Waals surface area contributed by atoms with Gasteiger partial charge < -0.3 is 29.3 Å². The van der Waals surface area contributed by atoms with Crippen molar-refractivity contribution in [3.05, 3.63) is 77.6 Å². The van der Waals surface area contributed by atoms with Gasteiger partial charge in [0, 0.05) is 37.3 Å². The molecule has 1 N–H and O–H groups in total. The Morgan fingerprint density at radius 1 is 1.03 bits per heavy atom. The smallest absolute Gasteiger partial charge is 0.244 e. The maximum absolute atomic E-state index is 13.2. The number of carbonyl (C=O) groups excluding carboxylic acids is 2. The summed E-state index contributed by atoms with van der Waals surface area (Å²) in [6.45, 7) is 1.24. The van der Waals surface area contributed by atoms with Gasteiger partial charge in [0.1, 0.15) is 12.4 Å². The van der Waals surface area contributed by atoms with Crippen molar-refractivity contribution in [2.75, 3.05) is 56.7 Å². The molecule has 3 aromatic rings. The highest BCUT2D eigenvalue weighted by Gasteiger charge is 2.20. The summed E-state index contributed by atoms with van der Waals surface area (Å²) in [5, 5.41) is 3.23. The number of rotatable bonds is 4. The van der Waals surface area contributed by atoms with Gasteiger partial charge in [0.05, 0.1) is 25.4 Å². The van der Waals surface area contributed by atoms with E-state index in [9.17, 15) is 14.0 Å². The summed E-state index contributed by atoms with van der Waals surface area (Å²) in [7, 11) is 1.82. The van der Waals surface area contributed by atoms with Crippen LogP contribution >= 0.6 is 11.6 Å². The third kappa shape index (κ3) is 7.60. The number of nitrogens with one attached hydrogen (secondary N) is 1. The second-order valence-corrected chi connectivity index (χ2v) is 9.10. The summed E-state index contributed by atoms with van der Waals surface area (Å²) in [6, 6.07) is 18.1. The van der Waals surface area contributed by atoms with Crippen molar-refractivity contribution in [2.45, 2.75) is 6.42 Å². The molecule has 4 rings (SSSR count). The molecule has 0 fully saturated rings. The minimum Gasteiger partial charge on any atom is -0.487 e. The van der Waals surface area contributed by atoms with Crippen LogP contribution in [0.3, 0.4) is 0 Å². The Morgan fingerprint density at radius 2 is 1.79 bits per heavy atom. The molecule has 0 radical (unpaired) electrons. The summed E-state index contributed by atoms with van der Waals surface area (Å²) in [6.07, 6.45) is 0.158. The van der Waals surface area contributed by atoms with Crippen LogP contribution in [-0.2, 0) is 14.3 Å². The number of carbonyl (C=O) groups is 2. The quantitative estimate of drug-likeness (QED) is 0.502. The van der Waals surface area contributed by atoms with E-state index < -0.39 is 5.91 Å². The lowest BCUT2D eigenvalue weighted by atomic mass is 10.2. The third-order valence-electron chi connectivity index (χ3n) is 5.89. The maximum atomic E-state index is 13.2. The first-order valence-corrected chi connectivity index (χ1v) is 12.6. The number of anilines is 2. The molecule has 0 saturated carbocycles. The Morgan fingerprint density at radius 3 is 2.58 bits per heavy atom. The molecule has 10 heteroatoms. The summed E-state index contributed by atoms with van der Waals surface area (Å²) in [5.41, 5.74) is 1.15. The summed E-state index contributed by atoms with van der Waals surface area (Å²) < 4.78 is 30.8. The predicted molar refractivity (Wildman–Crippen MR) is 144 cm³/mol. The van der Waals surface area contributed by atoms with E-state index in [-0.39, 0.29) is 44.4 Å². The summed E-state index contributed by atoms with van der Waals surface area (Å²) in [5.74, 6) is 0.435. The first-order valence-electron chi connectivity index (χ1n) is 12.2. The molecule has 0 spiro atoms. The van der Waals surface area contributed by atoms with E-state index in [2.05, 4.69) is 5.32 Å². The third-order valence-corrected chi connectivity index (χ3v) is 6.13. The fraction of sp³-hybridized carbons (Fsp3) is 0.286. The number of nitrogens with zero attached hydrogens (tertiary/aromatic N) is 2.